The van der Waals surface area contributed by atoms with Gasteiger partial charge in [0.05, 0.1) is 12.0 Å². The first kappa shape index (κ1) is 14.1. The highest BCUT2D eigenvalue weighted by molar-refractivity contribution is 5.04. The van der Waals surface area contributed by atoms with Crippen LogP contribution in [0.5, 0.6) is 0 Å². The van der Waals surface area contributed by atoms with Crippen LogP contribution in [0.15, 0.2) is 12.5 Å². The molecule has 3 unspecified atom stereocenters. The molecule has 3 nitrogen and oxygen atoms in total. The van der Waals surface area contributed by atoms with E-state index in [0.717, 1.165) is 30.3 Å². The van der Waals surface area contributed by atoms with Gasteiger partial charge >= 0.3 is 0 Å². The largest absolute Gasteiger partial charge is 0.330 e. The molecule has 0 saturated heterocycles. The summed E-state index contributed by atoms with van der Waals surface area (Å²) in [4.78, 5) is 4.34. The first-order valence-corrected chi connectivity index (χ1v) is 8.39. The summed E-state index contributed by atoms with van der Waals surface area (Å²) in [6.07, 6.45) is 10.8. The van der Waals surface area contributed by atoms with Gasteiger partial charge in [-0.1, -0.05) is 27.2 Å². The number of hydrogen-bond donors (Lipinski definition) is 1. The lowest BCUT2D eigenvalue weighted by atomic mass is 9.74. The molecule has 0 aliphatic heterocycles. The summed E-state index contributed by atoms with van der Waals surface area (Å²) in [7, 11) is 0. The molecule has 1 aromatic rings. The van der Waals surface area contributed by atoms with Crippen molar-refractivity contribution < 1.29 is 0 Å². The van der Waals surface area contributed by atoms with Crippen molar-refractivity contribution >= 4 is 0 Å². The summed E-state index contributed by atoms with van der Waals surface area (Å²) < 4.78 is 2.38. The molecular formula is C17H29N3. The Hall–Kier alpha value is -0.830. The Morgan fingerprint density at radius 1 is 1.30 bits per heavy atom. The Labute approximate surface area is 123 Å². The standard InChI is InChI=1S/C17H29N3/c1-12(2)16-7-4-13(3)8-17(16)19-10-15-9-18-11-20(15)14-5-6-14/h9,11-14,16-17,19H,4-8,10H2,1-3H3. The number of nitrogens with one attached hydrogen (secondary N) is 1. The average Bonchev–Trinajstić information content (AvgIpc) is 3.15. The zero-order valence-electron chi connectivity index (χ0n) is 13.2. The van der Waals surface area contributed by atoms with E-state index < -0.39 is 0 Å². The second kappa shape index (κ2) is 5.88. The molecule has 1 aromatic heterocycles. The highest BCUT2D eigenvalue weighted by Gasteiger charge is 2.31. The molecule has 2 aliphatic carbocycles. The fraction of sp³-hybridized carbons (Fsp3) is 0.824. The minimum absolute atomic E-state index is 0.682. The zero-order valence-corrected chi connectivity index (χ0v) is 13.2. The topological polar surface area (TPSA) is 29.9 Å². The summed E-state index contributed by atoms with van der Waals surface area (Å²) in [5, 5.41) is 3.85. The second-order valence-corrected chi connectivity index (χ2v) is 7.34. The number of rotatable bonds is 5. The van der Waals surface area contributed by atoms with Crippen molar-refractivity contribution in [1.82, 2.24) is 14.9 Å². The molecule has 112 valence electrons. The molecule has 0 aromatic carbocycles. The quantitative estimate of drug-likeness (QED) is 0.886. The van der Waals surface area contributed by atoms with Crippen molar-refractivity contribution in [2.75, 3.05) is 0 Å². The van der Waals surface area contributed by atoms with Crippen molar-refractivity contribution in [3.63, 3.8) is 0 Å². The van der Waals surface area contributed by atoms with Crippen molar-refractivity contribution in [1.29, 1.82) is 0 Å². The van der Waals surface area contributed by atoms with Crippen molar-refractivity contribution in [3.05, 3.63) is 18.2 Å². The molecular weight excluding hydrogens is 246 g/mol. The van der Waals surface area contributed by atoms with Gasteiger partial charge in [-0.05, 0) is 43.4 Å². The normalized spacial score (nSPS) is 30.9. The molecule has 20 heavy (non-hydrogen) atoms. The molecule has 0 amide bonds. The van der Waals surface area contributed by atoms with Crippen LogP contribution in [-0.2, 0) is 6.54 Å². The molecule has 2 saturated carbocycles. The lowest BCUT2D eigenvalue weighted by Gasteiger charge is -2.38. The maximum atomic E-state index is 4.34. The number of nitrogens with zero attached hydrogens (tertiary/aromatic N) is 2. The third-order valence-corrected chi connectivity index (χ3v) is 5.25. The Morgan fingerprint density at radius 3 is 2.80 bits per heavy atom. The average molecular weight is 275 g/mol. The van der Waals surface area contributed by atoms with Crippen LogP contribution in [0.25, 0.3) is 0 Å². The van der Waals surface area contributed by atoms with E-state index in [1.54, 1.807) is 0 Å². The van der Waals surface area contributed by atoms with Gasteiger partial charge in [-0.2, -0.15) is 0 Å². The first-order valence-electron chi connectivity index (χ1n) is 8.39. The van der Waals surface area contributed by atoms with Crippen LogP contribution in [0.1, 0.15) is 64.6 Å². The summed E-state index contributed by atoms with van der Waals surface area (Å²) in [6.45, 7) is 8.14. The van der Waals surface area contributed by atoms with E-state index in [9.17, 15) is 0 Å². The van der Waals surface area contributed by atoms with Crippen LogP contribution < -0.4 is 5.32 Å². The third kappa shape index (κ3) is 3.08. The van der Waals surface area contributed by atoms with Crippen LogP contribution >= 0.6 is 0 Å². The minimum Gasteiger partial charge on any atom is -0.330 e. The Morgan fingerprint density at radius 2 is 2.10 bits per heavy atom. The van der Waals surface area contributed by atoms with Crippen molar-refractivity contribution in [2.45, 2.75) is 71.5 Å². The molecule has 0 spiro atoms. The zero-order chi connectivity index (χ0) is 14.1. The van der Waals surface area contributed by atoms with Gasteiger partial charge < -0.3 is 9.88 Å². The van der Waals surface area contributed by atoms with Crippen LogP contribution in [-0.4, -0.2) is 15.6 Å². The van der Waals surface area contributed by atoms with Gasteiger partial charge in [-0.25, -0.2) is 4.98 Å². The molecule has 2 aliphatic rings. The predicted octanol–water partition coefficient (Wildman–Crippen LogP) is 3.77. The van der Waals surface area contributed by atoms with Gasteiger partial charge in [0.2, 0.25) is 0 Å². The van der Waals surface area contributed by atoms with Crippen LogP contribution in [0.3, 0.4) is 0 Å². The molecule has 3 atom stereocenters. The molecule has 0 radical (unpaired) electrons. The first-order chi connectivity index (χ1) is 9.65. The van der Waals surface area contributed by atoms with Gasteiger partial charge in [0, 0.05) is 24.8 Å². The van der Waals surface area contributed by atoms with Crippen molar-refractivity contribution in [2.24, 2.45) is 17.8 Å². The van der Waals surface area contributed by atoms with Crippen LogP contribution in [0, 0.1) is 17.8 Å². The van der Waals surface area contributed by atoms with Gasteiger partial charge in [-0.15, -0.1) is 0 Å². The highest BCUT2D eigenvalue weighted by Crippen LogP contribution is 2.36. The van der Waals surface area contributed by atoms with Gasteiger partial charge in [0.25, 0.3) is 0 Å². The SMILES string of the molecule is CC1CCC(C(C)C)C(NCc2cncn2C2CC2)C1. The third-order valence-electron chi connectivity index (χ3n) is 5.25. The monoisotopic (exact) mass is 275 g/mol. The fourth-order valence-electron chi connectivity index (χ4n) is 3.82. The Kier molecular flexibility index (Phi) is 4.16. The van der Waals surface area contributed by atoms with E-state index >= 15 is 0 Å². The van der Waals surface area contributed by atoms with E-state index in [4.69, 9.17) is 0 Å². The number of aromatic nitrogens is 2. The fourth-order valence-corrected chi connectivity index (χ4v) is 3.82. The minimum atomic E-state index is 0.682. The van der Waals surface area contributed by atoms with Gasteiger partial charge in [0.1, 0.15) is 0 Å². The van der Waals surface area contributed by atoms with Crippen molar-refractivity contribution in [3.8, 4) is 0 Å². The van der Waals surface area contributed by atoms with E-state index in [2.05, 4.69) is 35.6 Å². The summed E-state index contributed by atoms with van der Waals surface area (Å²) >= 11 is 0. The Bertz CT molecular complexity index is 433. The molecule has 1 N–H and O–H groups in total. The lowest BCUT2D eigenvalue weighted by Crippen LogP contribution is -2.42. The molecule has 0 bridgehead atoms. The van der Waals surface area contributed by atoms with Crippen LogP contribution in [0.2, 0.25) is 0 Å². The maximum absolute atomic E-state index is 4.34. The van der Waals surface area contributed by atoms with Crippen LogP contribution in [0.4, 0.5) is 0 Å². The summed E-state index contributed by atoms with van der Waals surface area (Å²) in [5.74, 6) is 2.49. The molecule has 2 fully saturated rings. The number of imidazole rings is 1. The molecule has 1 heterocycles. The van der Waals surface area contributed by atoms with E-state index in [0.29, 0.717) is 6.04 Å². The highest BCUT2D eigenvalue weighted by atomic mass is 15.1. The lowest BCUT2D eigenvalue weighted by molar-refractivity contribution is 0.168. The maximum Gasteiger partial charge on any atom is 0.0951 e. The van der Waals surface area contributed by atoms with Gasteiger partial charge in [-0.3, -0.25) is 0 Å². The number of hydrogen-bond acceptors (Lipinski definition) is 2. The van der Waals surface area contributed by atoms with E-state index in [1.807, 2.05) is 12.5 Å². The smallest absolute Gasteiger partial charge is 0.0951 e. The summed E-state index contributed by atoms with van der Waals surface area (Å²) in [6, 6.07) is 1.42. The molecule has 3 rings (SSSR count). The molecule has 3 heteroatoms. The van der Waals surface area contributed by atoms with Gasteiger partial charge in [0.15, 0.2) is 0 Å². The summed E-state index contributed by atoms with van der Waals surface area (Å²) in [5.41, 5.74) is 1.37. The Balaban J connectivity index is 1.61. The van der Waals surface area contributed by atoms with E-state index in [1.165, 1.54) is 37.8 Å². The van der Waals surface area contributed by atoms with E-state index in [-0.39, 0.29) is 0 Å². The second-order valence-electron chi connectivity index (χ2n) is 7.34. The predicted molar refractivity (Wildman–Crippen MR) is 82.5 cm³/mol.